The van der Waals surface area contributed by atoms with E-state index < -0.39 is 11.7 Å². The zero-order chi connectivity index (χ0) is 19.0. The van der Waals surface area contributed by atoms with Gasteiger partial charge >= 0.3 is 0 Å². The minimum atomic E-state index is -0.478. The second kappa shape index (κ2) is 6.88. The fraction of sp³-hybridized carbons (Fsp3) is 0.211. The first kappa shape index (κ1) is 17.3. The maximum absolute atomic E-state index is 13.4. The van der Waals surface area contributed by atoms with Gasteiger partial charge in [-0.2, -0.15) is 0 Å². The average molecular weight is 370 g/mol. The van der Waals surface area contributed by atoms with Crippen molar-refractivity contribution in [2.24, 2.45) is 0 Å². The van der Waals surface area contributed by atoms with Gasteiger partial charge in [-0.3, -0.25) is 4.79 Å². The van der Waals surface area contributed by atoms with Crippen LogP contribution in [0.5, 0.6) is 0 Å². The number of carbonyl (C=O) groups excluding carboxylic acids is 1. The van der Waals surface area contributed by atoms with Crippen LogP contribution in [0, 0.1) is 18.6 Å². The van der Waals surface area contributed by atoms with Gasteiger partial charge in [0, 0.05) is 5.69 Å². The van der Waals surface area contributed by atoms with Crippen LogP contribution in [0.3, 0.4) is 0 Å². The molecule has 1 unspecified atom stereocenters. The highest BCUT2D eigenvalue weighted by Crippen LogP contribution is 2.27. The smallest absolute Gasteiger partial charge is 0.278 e. The lowest BCUT2D eigenvalue weighted by Gasteiger charge is -2.24. The van der Waals surface area contributed by atoms with E-state index in [2.05, 4.69) is 15.6 Å². The molecule has 3 aromatic rings. The lowest BCUT2D eigenvalue weighted by Crippen LogP contribution is -2.24. The summed E-state index contributed by atoms with van der Waals surface area (Å²) in [6.07, 6.45) is -0.304. The molecule has 0 bridgehead atoms. The molecule has 1 atom stereocenters. The van der Waals surface area contributed by atoms with Crippen LogP contribution in [0.2, 0.25) is 0 Å². The van der Waals surface area contributed by atoms with E-state index in [9.17, 15) is 13.6 Å². The second-order valence-electron chi connectivity index (χ2n) is 6.33. The number of fused-ring (bicyclic) bond motifs is 1. The van der Waals surface area contributed by atoms with Gasteiger partial charge in [-0.15, -0.1) is 5.10 Å². The number of amides is 1. The van der Waals surface area contributed by atoms with Gasteiger partial charge in [-0.05, 0) is 42.3 Å². The molecule has 1 N–H and O–H groups in total. The standard InChI is InChI=1S/C19H16F2N4O2/c1-11-2-5-14(21)8-15(11)22-19(26)18-16-10-27-17(9-25(16)24-23-18)12-3-6-13(20)7-4-12/h2-8,17H,9-10H2,1H3,(H,22,26). The van der Waals surface area contributed by atoms with E-state index in [4.69, 9.17) is 4.74 Å². The molecule has 8 heteroatoms. The lowest BCUT2D eigenvalue weighted by molar-refractivity contribution is -0.00174. The molecule has 4 rings (SSSR count). The number of anilines is 1. The highest BCUT2D eigenvalue weighted by molar-refractivity contribution is 6.03. The summed E-state index contributed by atoms with van der Waals surface area (Å²) < 4.78 is 33.9. The monoisotopic (exact) mass is 370 g/mol. The van der Waals surface area contributed by atoms with Gasteiger partial charge in [0.15, 0.2) is 5.69 Å². The summed E-state index contributed by atoms with van der Waals surface area (Å²) in [5.74, 6) is -1.23. The molecule has 1 amide bonds. The van der Waals surface area contributed by atoms with Crippen LogP contribution in [-0.4, -0.2) is 20.9 Å². The molecule has 0 saturated carbocycles. The highest BCUT2D eigenvalue weighted by Gasteiger charge is 2.28. The Morgan fingerprint density at radius 1 is 1.19 bits per heavy atom. The van der Waals surface area contributed by atoms with Gasteiger partial charge in [0.1, 0.15) is 17.7 Å². The van der Waals surface area contributed by atoms with Crippen molar-refractivity contribution < 1.29 is 18.3 Å². The van der Waals surface area contributed by atoms with Crippen LogP contribution in [0.1, 0.15) is 33.4 Å². The molecule has 27 heavy (non-hydrogen) atoms. The van der Waals surface area contributed by atoms with Crippen LogP contribution < -0.4 is 5.32 Å². The van der Waals surface area contributed by atoms with E-state index in [-0.39, 0.29) is 24.2 Å². The van der Waals surface area contributed by atoms with Crippen LogP contribution >= 0.6 is 0 Å². The number of aryl methyl sites for hydroxylation is 1. The van der Waals surface area contributed by atoms with Crippen molar-refractivity contribution in [3.63, 3.8) is 0 Å². The largest absolute Gasteiger partial charge is 0.365 e. The summed E-state index contributed by atoms with van der Waals surface area (Å²) in [7, 11) is 0. The number of ether oxygens (including phenoxy) is 1. The summed E-state index contributed by atoms with van der Waals surface area (Å²) in [6, 6.07) is 10.2. The van der Waals surface area contributed by atoms with Crippen molar-refractivity contribution in [3.8, 4) is 0 Å². The Bertz CT molecular complexity index is 1000. The van der Waals surface area contributed by atoms with E-state index in [1.54, 1.807) is 29.8 Å². The molecule has 0 spiro atoms. The molecule has 0 saturated heterocycles. The number of nitrogens with one attached hydrogen (secondary N) is 1. The van der Waals surface area contributed by atoms with Crippen LogP contribution in [0.15, 0.2) is 42.5 Å². The normalized spacial score (nSPS) is 16.0. The molecule has 2 aromatic carbocycles. The summed E-state index contributed by atoms with van der Waals surface area (Å²) in [5, 5.41) is 10.6. The zero-order valence-electron chi connectivity index (χ0n) is 14.4. The van der Waals surface area contributed by atoms with Crippen LogP contribution in [0.25, 0.3) is 0 Å². The Morgan fingerprint density at radius 3 is 2.70 bits per heavy atom. The summed E-state index contributed by atoms with van der Waals surface area (Å²) in [6.45, 7) is 2.27. The molecule has 0 fully saturated rings. The van der Waals surface area contributed by atoms with Gasteiger partial charge < -0.3 is 10.1 Å². The van der Waals surface area contributed by atoms with Gasteiger partial charge in [0.2, 0.25) is 0 Å². The fourth-order valence-corrected chi connectivity index (χ4v) is 2.98. The third kappa shape index (κ3) is 3.43. The van der Waals surface area contributed by atoms with Crippen LogP contribution in [0.4, 0.5) is 14.5 Å². The second-order valence-corrected chi connectivity index (χ2v) is 6.33. The fourth-order valence-electron chi connectivity index (χ4n) is 2.98. The zero-order valence-corrected chi connectivity index (χ0v) is 14.4. The quantitative estimate of drug-likeness (QED) is 0.767. The number of benzene rings is 2. The number of carbonyl (C=O) groups is 1. The molecule has 1 aromatic heterocycles. The van der Waals surface area contributed by atoms with Crippen molar-refractivity contribution in [3.05, 3.63) is 76.6 Å². The Kier molecular flexibility index (Phi) is 4.41. The predicted molar refractivity (Wildman–Crippen MR) is 93.0 cm³/mol. The highest BCUT2D eigenvalue weighted by atomic mass is 19.1. The minimum Gasteiger partial charge on any atom is -0.365 e. The molecule has 0 aliphatic carbocycles. The van der Waals surface area contributed by atoms with Crippen molar-refractivity contribution in [1.29, 1.82) is 0 Å². The summed E-state index contributed by atoms with van der Waals surface area (Å²) >= 11 is 0. The van der Waals surface area contributed by atoms with E-state index in [0.29, 0.717) is 17.9 Å². The first-order chi connectivity index (χ1) is 13.0. The van der Waals surface area contributed by atoms with Crippen molar-refractivity contribution in [2.45, 2.75) is 26.2 Å². The topological polar surface area (TPSA) is 69.0 Å². The predicted octanol–water partition coefficient (Wildman–Crippen LogP) is 3.39. The van der Waals surface area contributed by atoms with Gasteiger partial charge in [-0.1, -0.05) is 23.4 Å². The maximum atomic E-state index is 13.4. The first-order valence-electron chi connectivity index (χ1n) is 8.38. The molecular formula is C19H16F2N4O2. The van der Waals surface area contributed by atoms with E-state index in [1.807, 2.05) is 0 Å². The molecule has 138 valence electrons. The molecule has 6 nitrogen and oxygen atoms in total. The lowest BCUT2D eigenvalue weighted by atomic mass is 10.1. The summed E-state index contributed by atoms with van der Waals surface area (Å²) in [4.78, 5) is 12.6. The Hall–Kier alpha value is -3.13. The number of halogens is 2. The van der Waals surface area contributed by atoms with Crippen molar-refractivity contribution >= 4 is 11.6 Å². The van der Waals surface area contributed by atoms with Crippen molar-refractivity contribution in [2.75, 3.05) is 5.32 Å². The van der Waals surface area contributed by atoms with Gasteiger partial charge in [0.25, 0.3) is 5.91 Å². The minimum absolute atomic E-state index is 0.135. The molecule has 0 radical (unpaired) electrons. The number of nitrogens with zero attached hydrogens (tertiary/aromatic N) is 3. The average Bonchev–Trinajstić information content (AvgIpc) is 3.08. The Balaban J connectivity index is 1.53. The first-order valence-corrected chi connectivity index (χ1v) is 8.38. The summed E-state index contributed by atoms with van der Waals surface area (Å²) in [5.41, 5.74) is 2.61. The van der Waals surface area contributed by atoms with Crippen LogP contribution in [-0.2, 0) is 17.9 Å². The van der Waals surface area contributed by atoms with Crippen molar-refractivity contribution in [1.82, 2.24) is 15.0 Å². The maximum Gasteiger partial charge on any atom is 0.278 e. The van der Waals surface area contributed by atoms with E-state index in [1.165, 1.54) is 24.3 Å². The Morgan fingerprint density at radius 2 is 1.93 bits per heavy atom. The molecule has 1 aliphatic rings. The number of hydrogen-bond acceptors (Lipinski definition) is 4. The number of aromatic nitrogens is 3. The van der Waals surface area contributed by atoms with E-state index in [0.717, 1.165) is 11.1 Å². The van der Waals surface area contributed by atoms with Gasteiger partial charge in [0.05, 0.1) is 18.8 Å². The number of hydrogen-bond donors (Lipinski definition) is 1. The molecule has 1 aliphatic heterocycles. The molecule has 2 heterocycles. The van der Waals surface area contributed by atoms with Gasteiger partial charge in [-0.25, -0.2) is 13.5 Å². The third-order valence-corrected chi connectivity index (χ3v) is 4.50. The Labute approximate surface area is 153 Å². The number of rotatable bonds is 3. The third-order valence-electron chi connectivity index (χ3n) is 4.50. The van der Waals surface area contributed by atoms with E-state index >= 15 is 0 Å². The SMILES string of the molecule is Cc1ccc(F)cc1NC(=O)c1nnn2c1COC(c1ccc(F)cc1)C2. The molecular weight excluding hydrogens is 354 g/mol.